The van der Waals surface area contributed by atoms with Crippen molar-refractivity contribution in [3.63, 3.8) is 0 Å². The molecular formula is C20H30N2O5. The number of nitrogens with zero attached hydrogens (tertiary/aromatic N) is 2. The molecule has 2 unspecified atom stereocenters. The Hall–Kier alpha value is -2.02. The van der Waals surface area contributed by atoms with Gasteiger partial charge in [0.15, 0.2) is 0 Å². The van der Waals surface area contributed by atoms with Crippen molar-refractivity contribution in [3.8, 4) is 11.8 Å². The topological polar surface area (TPSA) is 81.1 Å². The van der Waals surface area contributed by atoms with Crippen LogP contribution in [0.3, 0.4) is 0 Å². The van der Waals surface area contributed by atoms with Gasteiger partial charge < -0.3 is 24.2 Å². The average Bonchev–Trinajstić information content (AvgIpc) is 2.58. The van der Waals surface area contributed by atoms with Gasteiger partial charge in [-0.15, -0.1) is 0 Å². The summed E-state index contributed by atoms with van der Waals surface area (Å²) in [4.78, 5) is 18.9. The van der Waals surface area contributed by atoms with Gasteiger partial charge in [0.2, 0.25) is 11.8 Å². The summed E-state index contributed by atoms with van der Waals surface area (Å²) in [6.07, 6.45) is 3.33. The van der Waals surface area contributed by atoms with Gasteiger partial charge in [0.05, 0.1) is 19.8 Å². The highest BCUT2D eigenvalue weighted by Gasteiger charge is 2.50. The maximum atomic E-state index is 12.7. The Bertz CT molecular complexity index is 686. The summed E-state index contributed by atoms with van der Waals surface area (Å²) in [5.74, 6) is 0.797. The van der Waals surface area contributed by atoms with Gasteiger partial charge in [0, 0.05) is 36.6 Å². The van der Waals surface area contributed by atoms with Gasteiger partial charge in [0.25, 0.3) is 0 Å². The fourth-order valence-corrected chi connectivity index (χ4v) is 4.31. The van der Waals surface area contributed by atoms with Crippen LogP contribution in [-0.2, 0) is 10.3 Å². The van der Waals surface area contributed by atoms with Gasteiger partial charge in [-0.1, -0.05) is 0 Å². The number of rotatable bonds is 3. The van der Waals surface area contributed by atoms with Crippen molar-refractivity contribution >= 4 is 6.09 Å². The summed E-state index contributed by atoms with van der Waals surface area (Å²) in [5, 5.41) is 11.5. The van der Waals surface area contributed by atoms with Crippen molar-refractivity contribution in [2.24, 2.45) is 0 Å². The van der Waals surface area contributed by atoms with Crippen LogP contribution in [0.1, 0.15) is 58.4 Å². The normalized spacial score (nSPS) is 27.9. The number of pyridine rings is 1. The third-order valence-corrected chi connectivity index (χ3v) is 5.35. The Balaban J connectivity index is 1.88. The Kier molecular flexibility index (Phi) is 5.25. The molecular weight excluding hydrogens is 348 g/mol. The highest BCUT2D eigenvalue weighted by atomic mass is 16.6. The van der Waals surface area contributed by atoms with Crippen LogP contribution >= 0.6 is 0 Å². The SMILES string of the molecule is COc1ccc(C2(O)CC3CCCC(C2)N3C(=O)OC(C)(C)C)c(OC)n1. The maximum absolute atomic E-state index is 12.7. The quantitative estimate of drug-likeness (QED) is 0.870. The molecule has 1 aromatic heterocycles. The monoisotopic (exact) mass is 378 g/mol. The summed E-state index contributed by atoms with van der Waals surface area (Å²) in [6, 6.07) is 3.41. The van der Waals surface area contributed by atoms with Crippen LogP contribution in [0.5, 0.6) is 11.8 Å². The fraction of sp³-hybridized carbons (Fsp3) is 0.700. The lowest BCUT2D eigenvalue weighted by molar-refractivity contribution is -0.0974. The van der Waals surface area contributed by atoms with Crippen LogP contribution < -0.4 is 9.47 Å². The van der Waals surface area contributed by atoms with E-state index < -0.39 is 11.2 Å². The average molecular weight is 378 g/mol. The van der Waals surface area contributed by atoms with Crippen LogP contribution in [0, 0.1) is 0 Å². The maximum Gasteiger partial charge on any atom is 0.410 e. The minimum absolute atomic E-state index is 0.0656. The third kappa shape index (κ3) is 3.98. The molecule has 0 aromatic carbocycles. The molecule has 0 spiro atoms. The number of amides is 1. The molecule has 1 aromatic rings. The minimum atomic E-state index is -1.10. The van der Waals surface area contributed by atoms with E-state index >= 15 is 0 Å². The molecule has 2 aliphatic heterocycles. The molecule has 2 atom stereocenters. The zero-order valence-electron chi connectivity index (χ0n) is 16.8. The van der Waals surface area contributed by atoms with Gasteiger partial charge in [0.1, 0.15) is 5.60 Å². The largest absolute Gasteiger partial charge is 0.481 e. The summed E-state index contributed by atoms with van der Waals surface area (Å²) in [5.41, 5.74) is -0.993. The molecule has 2 fully saturated rings. The van der Waals surface area contributed by atoms with Gasteiger partial charge in [-0.05, 0) is 46.1 Å². The van der Waals surface area contributed by atoms with Crippen molar-refractivity contribution in [3.05, 3.63) is 17.7 Å². The lowest BCUT2D eigenvalue weighted by atomic mass is 9.73. The molecule has 0 radical (unpaired) electrons. The second-order valence-electron chi connectivity index (χ2n) is 8.48. The zero-order chi connectivity index (χ0) is 19.8. The van der Waals surface area contributed by atoms with Crippen molar-refractivity contribution < 1.29 is 24.1 Å². The number of piperidine rings is 2. The van der Waals surface area contributed by atoms with Gasteiger partial charge >= 0.3 is 6.09 Å². The fourth-order valence-electron chi connectivity index (χ4n) is 4.31. The van der Waals surface area contributed by atoms with E-state index in [9.17, 15) is 9.90 Å². The molecule has 2 saturated heterocycles. The van der Waals surface area contributed by atoms with Crippen LogP contribution in [0.15, 0.2) is 12.1 Å². The number of ether oxygens (including phenoxy) is 3. The smallest absolute Gasteiger partial charge is 0.410 e. The molecule has 3 heterocycles. The van der Waals surface area contributed by atoms with Gasteiger partial charge in [-0.2, -0.15) is 4.98 Å². The number of aromatic nitrogens is 1. The first kappa shape index (κ1) is 19.7. The second-order valence-corrected chi connectivity index (χ2v) is 8.48. The number of carbonyl (C=O) groups excluding carboxylic acids is 1. The van der Waals surface area contributed by atoms with Crippen LogP contribution in [0.4, 0.5) is 4.79 Å². The van der Waals surface area contributed by atoms with E-state index in [1.165, 1.54) is 7.11 Å². The van der Waals surface area contributed by atoms with Gasteiger partial charge in [-0.25, -0.2) is 4.79 Å². The number of hydrogen-bond donors (Lipinski definition) is 1. The van der Waals surface area contributed by atoms with E-state index in [0.717, 1.165) is 19.3 Å². The standard InChI is InChI=1S/C20H30N2O5/c1-19(2,3)27-18(23)22-13-7-6-8-14(22)12-20(24,11-13)15-9-10-16(25-4)21-17(15)26-5/h9-10,13-14,24H,6-8,11-12H2,1-5H3. The summed E-state index contributed by atoms with van der Waals surface area (Å²) >= 11 is 0. The Morgan fingerprint density at radius 1 is 1.19 bits per heavy atom. The summed E-state index contributed by atoms with van der Waals surface area (Å²) < 4.78 is 16.2. The first-order valence-electron chi connectivity index (χ1n) is 9.50. The summed E-state index contributed by atoms with van der Waals surface area (Å²) in [7, 11) is 3.07. The predicted molar refractivity (Wildman–Crippen MR) is 100.0 cm³/mol. The first-order chi connectivity index (χ1) is 12.7. The molecule has 27 heavy (non-hydrogen) atoms. The van der Waals surface area contributed by atoms with E-state index in [4.69, 9.17) is 14.2 Å². The second kappa shape index (κ2) is 7.19. The minimum Gasteiger partial charge on any atom is -0.481 e. The number of hydrogen-bond acceptors (Lipinski definition) is 6. The van der Waals surface area contributed by atoms with E-state index in [1.807, 2.05) is 31.7 Å². The molecule has 1 amide bonds. The highest BCUT2D eigenvalue weighted by Crippen LogP contribution is 2.47. The molecule has 7 heteroatoms. The number of carbonyl (C=O) groups is 1. The predicted octanol–water partition coefficient (Wildman–Crippen LogP) is 3.24. The lowest BCUT2D eigenvalue weighted by Gasteiger charge is -2.51. The molecule has 0 saturated carbocycles. The van der Waals surface area contributed by atoms with Crippen molar-refractivity contribution in [2.45, 2.75) is 76.2 Å². The van der Waals surface area contributed by atoms with Crippen LogP contribution in [0.2, 0.25) is 0 Å². The molecule has 1 N–H and O–H groups in total. The molecule has 2 aliphatic rings. The summed E-state index contributed by atoms with van der Waals surface area (Å²) in [6.45, 7) is 5.61. The van der Waals surface area contributed by atoms with Crippen molar-refractivity contribution in [1.29, 1.82) is 0 Å². The lowest BCUT2D eigenvalue weighted by Crippen LogP contribution is -2.59. The number of aliphatic hydroxyl groups is 1. The van der Waals surface area contributed by atoms with E-state index in [1.54, 1.807) is 13.2 Å². The number of methoxy groups -OCH3 is 2. The third-order valence-electron chi connectivity index (χ3n) is 5.35. The van der Waals surface area contributed by atoms with E-state index in [-0.39, 0.29) is 18.2 Å². The van der Waals surface area contributed by atoms with Crippen molar-refractivity contribution in [2.75, 3.05) is 14.2 Å². The molecule has 0 aliphatic carbocycles. The zero-order valence-corrected chi connectivity index (χ0v) is 16.8. The molecule has 2 bridgehead atoms. The number of fused-ring (bicyclic) bond motifs is 2. The Morgan fingerprint density at radius 3 is 2.33 bits per heavy atom. The van der Waals surface area contributed by atoms with E-state index in [0.29, 0.717) is 30.2 Å². The van der Waals surface area contributed by atoms with Gasteiger partial charge in [-0.3, -0.25) is 0 Å². The van der Waals surface area contributed by atoms with Crippen molar-refractivity contribution in [1.82, 2.24) is 9.88 Å². The highest BCUT2D eigenvalue weighted by molar-refractivity contribution is 5.69. The Labute approximate surface area is 160 Å². The molecule has 150 valence electrons. The molecule has 3 rings (SSSR count). The Morgan fingerprint density at radius 2 is 1.81 bits per heavy atom. The van der Waals surface area contributed by atoms with E-state index in [2.05, 4.69) is 4.98 Å². The molecule has 7 nitrogen and oxygen atoms in total. The van der Waals surface area contributed by atoms with Crippen LogP contribution in [0.25, 0.3) is 0 Å². The first-order valence-corrected chi connectivity index (χ1v) is 9.50. The van der Waals surface area contributed by atoms with Crippen LogP contribution in [-0.4, -0.2) is 53.0 Å².